The zero-order valence-corrected chi connectivity index (χ0v) is 37.6. The standard InChI is InChI=1S/C62H48N4/c1-41-19-23-47(24-20-41)58-40-59(64-62(63-58)49-25-21-42(2)22-26-49)48-29-27-45(28-30-48)55-37-44(4)56(38-43(55)3)46-31-33-52(34-32-46)66-60-18-12-11-17-54(60)57-39-53(35-36-61(57)66)65(50-13-7-5-8-14-50)51-15-9-6-10-16-51/h5-40H,1-4H3. The summed E-state index contributed by atoms with van der Waals surface area (Å²) in [5.41, 5.74) is 21.5. The first kappa shape index (κ1) is 40.4. The molecular weight excluding hydrogens is 801 g/mol. The summed E-state index contributed by atoms with van der Waals surface area (Å²) in [6.45, 7) is 8.65. The first-order chi connectivity index (χ1) is 32.3. The Morgan fingerprint density at radius 3 is 1.36 bits per heavy atom. The van der Waals surface area contributed by atoms with E-state index in [0.717, 1.165) is 56.7 Å². The summed E-state index contributed by atoms with van der Waals surface area (Å²) in [6.07, 6.45) is 0. The Morgan fingerprint density at radius 1 is 0.348 bits per heavy atom. The van der Waals surface area contributed by atoms with Gasteiger partial charge in [0.15, 0.2) is 5.82 Å². The average Bonchev–Trinajstić information content (AvgIpc) is 3.69. The zero-order valence-electron chi connectivity index (χ0n) is 37.6. The van der Waals surface area contributed by atoms with Gasteiger partial charge in [-0.2, -0.15) is 0 Å². The second kappa shape index (κ2) is 17.0. The van der Waals surface area contributed by atoms with Gasteiger partial charge in [-0.25, -0.2) is 9.97 Å². The maximum Gasteiger partial charge on any atom is 0.160 e. The number of benzene rings is 9. The Bertz CT molecular complexity index is 3410. The maximum absolute atomic E-state index is 5.09. The van der Waals surface area contributed by atoms with E-state index >= 15 is 0 Å². The molecule has 0 saturated heterocycles. The van der Waals surface area contributed by atoms with Crippen molar-refractivity contribution >= 4 is 38.9 Å². The monoisotopic (exact) mass is 848 g/mol. The van der Waals surface area contributed by atoms with Crippen LogP contribution in [0.5, 0.6) is 0 Å². The molecule has 0 saturated carbocycles. The lowest BCUT2D eigenvalue weighted by Gasteiger charge is -2.25. The zero-order chi connectivity index (χ0) is 44.7. The Morgan fingerprint density at radius 2 is 0.803 bits per heavy atom. The lowest BCUT2D eigenvalue weighted by Crippen LogP contribution is -2.09. The molecule has 0 spiro atoms. The lowest BCUT2D eigenvalue weighted by atomic mass is 9.91. The third-order valence-electron chi connectivity index (χ3n) is 12.8. The fourth-order valence-corrected chi connectivity index (χ4v) is 9.33. The van der Waals surface area contributed by atoms with Gasteiger partial charge in [0.25, 0.3) is 0 Å². The van der Waals surface area contributed by atoms with Gasteiger partial charge in [0.1, 0.15) is 0 Å². The second-order valence-electron chi connectivity index (χ2n) is 17.4. The summed E-state index contributed by atoms with van der Waals surface area (Å²) in [7, 11) is 0. The molecule has 0 unspecified atom stereocenters. The van der Waals surface area contributed by atoms with Crippen molar-refractivity contribution in [2.45, 2.75) is 27.7 Å². The number of nitrogens with zero attached hydrogens (tertiary/aromatic N) is 4. The van der Waals surface area contributed by atoms with Crippen LogP contribution in [-0.2, 0) is 0 Å². The van der Waals surface area contributed by atoms with Gasteiger partial charge in [-0.1, -0.05) is 163 Å². The van der Waals surface area contributed by atoms with Crippen molar-refractivity contribution < 1.29 is 0 Å². The van der Waals surface area contributed by atoms with Gasteiger partial charge in [-0.05, 0) is 128 Å². The van der Waals surface area contributed by atoms with Crippen LogP contribution in [0.3, 0.4) is 0 Å². The number of hydrogen-bond acceptors (Lipinski definition) is 3. The minimum absolute atomic E-state index is 0.723. The van der Waals surface area contributed by atoms with E-state index < -0.39 is 0 Å². The van der Waals surface area contributed by atoms with E-state index in [1.54, 1.807) is 0 Å². The van der Waals surface area contributed by atoms with Crippen LogP contribution in [0.2, 0.25) is 0 Å². The molecule has 0 radical (unpaired) electrons. The molecule has 66 heavy (non-hydrogen) atoms. The lowest BCUT2D eigenvalue weighted by molar-refractivity contribution is 1.18. The van der Waals surface area contributed by atoms with E-state index in [2.05, 4.69) is 256 Å². The van der Waals surface area contributed by atoms with Crippen molar-refractivity contribution in [2.75, 3.05) is 4.90 Å². The van der Waals surface area contributed by atoms with Crippen LogP contribution in [0, 0.1) is 27.7 Å². The van der Waals surface area contributed by atoms with E-state index in [-0.39, 0.29) is 0 Å². The number of rotatable bonds is 9. The quantitative estimate of drug-likeness (QED) is 0.145. The number of anilines is 3. The molecule has 0 aliphatic heterocycles. The molecule has 0 amide bonds. The van der Waals surface area contributed by atoms with E-state index in [4.69, 9.17) is 9.97 Å². The third-order valence-corrected chi connectivity index (χ3v) is 12.8. The molecule has 4 nitrogen and oxygen atoms in total. The molecule has 4 heteroatoms. The fourth-order valence-electron chi connectivity index (χ4n) is 9.33. The number of fused-ring (bicyclic) bond motifs is 3. The third kappa shape index (κ3) is 7.63. The first-order valence-electron chi connectivity index (χ1n) is 22.6. The molecule has 0 fully saturated rings. The van der Waals surface area contributed by atoms with E-state index in [0.29, 0.717) is 0 Å². The highest BCUT2D eigenvalue weighted by atomic mass is 15.1. The van der Waals surface area contributed by atoms with Gasteiger partial charge < -0.3 is 9.47 Å². The SMILES string of the molecule is Cc1ccc(-c2cc(-c3ccc(-c4cc(C)c(-c5ccc(-n6c7ccccc7c7cc(N(c8ccccc8)c8ccccc8)ccc76)cc5)cc4C)cc3)nc(-c3ccc(C)cc3)n2)cc1. The molecule has 0 N–H and O–H groups in total. The van der Waals surface area contributed by atoms with Crippen LogP contribution < -0.4 is 4.90 Å². The molecule has 0 atom stereocenters. The summed E-state index contributed by atoms with van der Waals surface area (Å²) in [4.78, 5) is 12.5. The van der Waals surface area contributed by atoms with Crippen LogP contribution in [-0.4, -0.2) is 14.5 Å². The Kier molecular flexibility index (Phi) is 10.4. The minimum atomic E-state index is 0.723. The minimum Gasteiger partial charge on any atom is -0.310 e. The van der Waals surface area contributed by atoms with Crippen molar-refractivity contribution in [3.63, 3.8) is 0 Å². The van der Waals surface area contributed by atoms with Gasteiger partial charge in [0.05, 0.1) is 22.4 Å². The molecule has 11 aromatic rings. The number of aryl methyl sites for hydroxylation is 4. The van der Waals surface area contributed by atoms with E-state index in [1.807, 2.05) is 0 Å². The Labute approximate surface area is 386 Å². The van der Waals surface area contributed by atoms with Gasteiger partial charge in [-0.3, -0.25) is 0 Å². The molecule has 2 aromatic heterocycles. The van der Waals surface area contributed by atoms with Gasteiger partial charge in [0.2, 0.25) is 0 Å². The molecule has 11 rings (SSSR count). The molecule has 0 aliphatic rings. The van der Waals surface area contributed by atoms with Crippen LogP contribution in [0.1, 0.15) is 22.3 Å². The van der Waals surface area contributed by atoms with Crippen LogP contribution in [0.15, 0.2) is 218 Å². The van der Waals surface area contributed by atoms with Gasteiger partial charge in [0, 0.05) is 50.2 Å². The summed E-state index contributed by atoms with van der Waals surface area (Å²) in [6, 6.07) is 78.5. The fraction of sp³-hybridized carbons (Fsp3) is 0.0645. The Balaban J connectivity index is 0.899. The summed E-state index contributed by atoms with van der Waals surface area (Å²) in [5, 5.41) is 2.45. The predicted octanol–water partition coefficient (Wildman–Crippen LogP) is 16.6. The summed E-state index contributed by atoms with van der Waals surface area (Å²) in [5.74, 6) is 0.723. The molecular formula is C62H48N4. The van der Waals surface area contributed by atoms with Crippen LogP contribution >= 0.6 is 0 Å². The van der Waals surface area contributed by atoms with Crippen LogP contribution in [0.4, 0.5) is 17.1 Å². The van der Waals surface area contributed by atoms with Crippen molar-refractivity contribution in [1.29, 1.82) is 0 Å². The smallest absolute Gasteiger partial charge is 0.160 e. The van der Waals surface area contributed by atoms with E-state index in [9.17, 15) is 0 Å². The largest absolute Gasteiger partial charge is 0.310 e. The van der Waals surface area contributed by atoms with Crippen molar-refractivity contribution in [3.05, 3.63) is 241 Å². The molecule has 0 bridgehead atoms. The molecule has 2 heterocycles. The number of aromatic nitrogens is 3. The van der Waals surface area contributed by atoms with Crippen LogP contribution in [0.25, 0.3) is 83.6 Å². The summed E-state index contributed by atoms with van der Waals surface area (Å²) < 4.78 is 2.40. The van der Waals surface area contributed by atoms with Gasteiger partial charge in [-0.15, -0.1) is 0 Å². The number of para-hydroxylation sites is 3. The first-order valence-corrected chi connectivity index (χ1v) is 22.6. The highest BCUT2D eigenvalue weighted by Crippen LogP contribution is 2.40. The Hall–Kier alpha value is -8.34. The molecule has 316 valence electrons. The highest BCUT2D eigenvalue weighted by Gasteiger charge is 2.18. The van der Waals surface area contributed by atoms with Crippen molar-refractivity contribution in [2.24, 2.45) is 0 Å². The second-order valence-corrected chi connectivity index (χ2v) is 17.4. The molecule has 0 aliphatic carbocycles. The maximum atomic E-state index is 5.09. The summed E-state index contributed by atoms with van der Waals surface area (Å²) >= 11 is 0. The van der Waals surface area contributed by atoms with Crippen molar-refractivity contribution in [3.8, 4) is 61.8 Å². The van der Waals surface area contributed by atoms with Gasteiger partial charge >= 0.3 is 0 Å². The average molecular weight is 849 g/mol. The highest BCUT2D eigenvalue weighted by molar-refractivity contribution is 6.10. The predicted molar refractivity (Wildman–Crippen MR) is 277 cm³/mol. The number of hydrogen-bond donors (Lipinski definition) is 0. The topological polar surface area (TPSA) is 34.0 Å². The van der Waals surface area contributed by atoms with Crippen molar-refractivity contribution in [1.82, 2.24) is 14.5 Å². The molecule has 9 aromatic carbocycles. The van der Waals surface area contributed by atoms with E-state index in [1.165, 1.54) is 66.3 Å². The normalized spacial score (nSPS) is 11.3.